The summed E-state index contributed by atoms with van der Waals surface area (Å²) in [5.41, 5.74) is 15.8. The van der Waals surface area contributed by atoms with Crippen LogP contribution in [0.4, 0.5) is 34.1 Å². The van der Waals surface area contributed by atoms with Crippen LogP contribution >= 0.6 is 0 Å². The fraction of sp³-hybridized carbons (Fsp3) is 0.101. The molecule has 0 aliphatic carbocycles. The second-order valence-corrected chi connectivity index (χ2v) is 21.0. The molecule has 7 heterocycles. The van der Waals surface area contributed by atoms with Crippen molar-refractivity contribution < 1.29 is 0 Å². The molecule has 0 spiro atoms. The van der Waals surface area contributed by atoms with E-state index in [0.717, 1.165) is 56.4 Å². The maximum Gasteiger partial charge on any atom is 0.182 e. The monoisotopic (exact) mass is 1050 g/mol. The van der Waals surface area contributed by atoms with Crippen molar-refractivity contribution in [2.24, 2.45) is 4.99 Å². The summed E-state index contributed by atoms with van der Waals surface area (Å²) in [5, 5.41) is 0. The molecule has 0 N–H and O–H groups in total. The average molecular weight is 1050 g/mol. The largest absolute Gasteiger partial charge is 0.310 e. The molecule has 0 radical (unpaired) electrons. The van der Waals surface area contributed by atoms with E-state index in [-0.39, 0.29) is 10.8 Å². The Morgan fingerprint density at radius 2 is 0.741 bits per heavy atom. The molecule has 0 unspecified atom stereocenters. The predicted molar refractivity (Wildman–Crippen MR) is 325 cm³/mol. The highest BCUT2D eigenvalue weighted by atomic mass is 15.2. The van der Waals surface area contributed by atoms with Crippen molar-refractivity contribution in [2.45, 2.75) is 45.4 Å². The van der Waals surface area contributed by atoms with Crippen LogP contribution in [0, 0.1) is 0 Å². The molecule has 2 aliphatic rings. The van der Waals surface area contributed by atoms with E-state index in [9.17, 15) is 0 Å². The van der Waals surface area contributed by atoms with Gasteiger partial charge in [0.15, 0.2) is 34.9 Å². The number of aliphatic imine (C=N–C) groups is 1. The molecule has 2 aliphatic heterocycles. The zero-order valence-electron chi connectivity index (χ0n) is 45.4. The SMILES string of the molecule is C=N/C(=C\C=C/C)c1nc(-c2cc(-c3cc(-c4nc(-c5ccccn5)nc(-c5ccccn5)n4)cc(N4c5ccccc5C(C)(C)c5ccccc54)c3)cc(N3c4ccccc4C(C)(C)c4ccccc43)c2)nc(-c2ccccn2)n1. The first-order chi connectivity index (χ1) is 39.6. The van der Waals surface area contributed by atoms with Gasteiger partial charge in [-0.1, -0.05) is 131 Å². The van der Waals surface area contributed by atoms with E-state index in [1.807, 2.05) is 79.7 Å². The second kappa shape index (κ2) is 20.4. The Bertz CT molecular complexity index is 4130. The topological polar surface area (TPSA) is 135 Å². The third-order valence-corrected chi connectivity index (χ3v) is 15.3. The number of hydrogen-bond donors (Lipinski definition) is 0. The lowest BCUT2D eigenvalue weighted by Crippen LogP contribution is -2.30. The summed E-state index contributed by atoms with van der Waals surface area (Å²) in [6.45, 7) is 15.1. The number of allylic oxidation sites excluding steroid dienone is 3. The second-order valence-electron chi connectivity index (χ2n) is 21.0. The van der Waals surface area contributed by atoms with Crippen LogP contribution in [0.5, 0.6) is 0 Å². The summed E-state index contributed by atoms with van der Waals surface area (Å²) in [5.74, 6) is 2.46. The quantitative estimate of drug-likeness (QED) is 0.0905. The summed E-state index contributed by atoms with van der Waals surface area (Å²) in [6, 6.07) is 65.1. The maximum atomic E-state index is 5.25. The lowest BCUT2D eigenvalue weighted by atomic mass is 9.73. The van der Waals surface area contributed by atoms with Gasteiger partial charge in [0.2, 0.25) is 0 Å². The molecule has 0 amide bonds. The molecule has 13 rings (SSSR count). The Kier molecular flexibility index (Phi) is 12.6. The minimum absolute atomic E-state index is 0.299. The number of rotatable bonds is 11. The Morgan fingerprint density at radius 3 is 1.11 bits per heavy atom. The molecule has 12 heteroatoms. The minimum Gasteiger partial charge on any atom is -0.310 e. The highest BCUT2D eigenvalue weighted by Crippen LogP contribution is 2.55. The number of nitrogens with zero attached hydrogens (tertiary/aromatic N) is 12. The fourth-order valence-corrected chi connectivity index (χ4v) is 11.3. The lowest BCUT2D eigenvalue weighted by molar-refractivity contribution is 0.631. The summed E-state index contributed by atoms with van der Waals surface area (Å²) in [7, 11) is 0. The molecule has 6 aromatic carbocycles. The number of fused-ring (bicyclic) bond motifs is 4. The normalized spacial score (nSPS) is 14.0. The molecule has 0 saturated heterocycles. The number of pyridine rings is 3. The van der Waals surface area contributed by atoms with E-state index in [2.05, 4.69) is 183 Å². The van der Waals surface area contributed by atoms with E-state index >= 15 is 0 Å². The summed E-state index contributed by atoms with van der Waals surface area (Å²) < 4.78 is 0. The van der Waals surface area contributed by atoms with Crippen molar-refractivity contribution in [1.82, 2.24) is 44.9 Å². The zero-order valence-corrected chi connectivity index (χ0v) is 45.4. The summed E-state index contributed by atoms with van der Waals surface area (Å²) in [4.78, 5) is 54.2. The van der Waals surface area contributed by atoms with Gasteiger partial charge < -0.3 is 9.80 Å². The van der Waals surface area contributed by atoms with E-state index in [4.69, 9.17) is 44.9 Å². The van der Waals surface area contributed by atoms with Gasteiger partial charge in [-0.2, -0.15) is 0 Å². The minimum atomic E-state index is -0.302. The van der Waals surface area contributed by atoms with Gasteiger partial charge in [-0.3, -0.25) is 19.9 Å². The van der Waals surface area contributed by atoms with Gasteiger partial charge in [0, 0.05) is 51.9 Å². The van der Waals surface area contributed by atoms with Crippen molar-refractivity contribution >= 4 is 46.5 Å². The smallest absolute Gasteiger partial charge is 0.182 e. The third kappa shape index (κ3) is 9.02. The molecule has 81 heavy (non-hydrogen) atoms. The summed E-state index contributed by atoms with van der Waals surface area (Å²) >= 11 is 0. The van der Waals surface area contributed by atoms with Crippen molar-refractivity contribution in [2.75, 3.05) is 9.80 Å². The van der Waals surface area contributed by atoms with Crippen LogP contribution in [-0.4, -0.2) is 51.6 Å². The van der Waals surface area contributed by atoms with Gasteiger partial charge in [-0.25, -0.2) is 29.9 Å². The van der Waals surface area contributed by atoms with Crippen molar-refractivity contribution in [1.29, 1.82) is 0 Å². The van der Waals surface area contributed by atoms with E-state index in [1.54, 1.807) is 18.6 Å². The van der Waals surface area contributed by atoms with E-state index in [0.29, 0.717) is 57.7 Å². The van der Waals surface area contributed by atoms with Crippen LogP contribution in [0.2, 0.25) is 0 Å². The zero-order chi connectivity index (χ0) is 55.2. The van der Waals surface area contributed by atoms with Gasteiger partial charge in [0.05, 0.1) is 22.7 Å². The molecule has 390 valence electrons. The molecular formula is C69H54N12. The number of para-hydroxylation sites is 4. The van der Waals surface area contributed by atoms with Gasteiger partial charge in [0.25, 0.3) is 0 Å². The van der Waals surface area contributed by atoms with Gasteiger partial charge >= 0.3 is 0 Å². The van der Waals surface area contributed by atoms with Gasteiger partial charge in [0.1, 0.15) is 22.8 Å². The van der Waals surface area contributed by atoms with Crippen LogP contribution in [0.3, 0.4) is 0 Å². The Hall–Kier alpha value is -10.5. The number of benzene rings is 6. The van der Waals surface area contributed by atoms with Crippen LogP contribution < -0.4 is 9.80 Å². The van der Waals surface area contributed by atoms with Gasteiger partial charge in [-0.15, -0.1) is 0 Å². The van der Waals surface area contributed by atoms with Crippen molar-refractivity contribution in [3.63, 3.8) is 0 Å². The van der Waals surface area contributed by atoms with Crippen LogP contribution in [0.25, 0.3) is 74.2 Å². The van der Waals surface area contributed by atoms with Gasteiger partial charge in [-0.05, 0) is 150 Å². The number of aromatic nitrogens is 9. The molecule has 0 atom stereocenters. The molecular weight excluding hydrogens is 997 g/mol. The summed E-state index contributed by atoms with van der Waals surface area (Å²) in [6.07, 6.45) is 10.9. The van der Waals surface area contributed by atoms with Crippen molar-refractivity contribution in [3.8, 4) is 68.5 Å². The first-order valence-corrected chi connectivity index (χ1v) is 26.9. The molecule has 11 aromatic rings. The fourth-order valence-electron chi connectivity index (χ4n) is 11.3. The van der Waals surface area contributed by atoms with E-state index < -0.39 is 0 Å². The maximum absolute atomic E-state index is 5.25. The molecule has 12 nitrogen and oxygen atoms in total. The Balaban J connectivity index is 1.12. The van der Waals surface area contributed by atoms with Crippen molar-refractivity contribution in [3.05, 3.63) is 253 Å². The van der Waals surface area contributed by atoms with Crippen LogP contribution in [-0.2, 0) is 10.8 Å². The van der Waals surface area contributed by atoms with E-state index in [1.165, 1.54) is 22.3 Å². The first kappa shape index (κ1) is 50.1. The standard InChI is InChI=1S/C69H54N12/c1-7-8-27-54(70-6)64-74-62(75-65(78-64)55-28-17-20-35-71-55)46-38-44(40-48(42-46)80-58-31-13-9-23-50(58)68(2,3)51-24-10-14-32-59(51)80)45-39-47(63-76-66(56-29-18-21-36-72-56)79-67(77-63)57-30-19-22-37-73-57)43-49(41-45)81-60-33-15-11-25-52(60)69(4,5)53-26-12-16-34-61(53)81/h7-43H,6H2,1-5H3/b8-7-,54-27-. The highest BCUT2D eigenvalue weighted by molar-refractivity contribution is 5.93. The highest BCUT2D eigenvalue weighted by Gasteiger charge is 2.39. The van der Waals surface area contributed by atoms with Crippen LogP contribution in [0.1, 0.15) is 62.7 Å². The molecule has 0 fully saturated rings. The molecule has 0 saturated carbocycles. The number of anilines is 6. The average Bonchev–Trinajstić information content (AvgIpc) is 3.70. The molecule has 5 aromatic heterocycles. The predicted octanol–water partition coefficient (Wildman–Crippen LogP) is 16.1. The lowest BCUT2D eigenvalue weighted by Gasteiger charge is -2.42. The first-order valence-electron chi connectivity index (χ1n) is 26.9. The molecule has 0 bridgehead atoms. The third-order valence-electron chi connectivity index (χ3n) is 15.3. The number of hydrogen-bond acceptors (Lipinski definition) is 12. The van der Waals surface area contributed by atoms with Crippen LogP contribution in [0.15, 0.2) is 230 Å². The Labute approximate surface area is 470 Å². The Morgan fingerprint density at radius 1 is 0.407 bits per heavy atom.